The molecule has 0 unspecified atom stereocenters. The summed E-state index contributed by atoms with van der Waals surface area (Å²) in [4.78, 5) is 15.8. The molecule has 2 rings (SSSR count). The summed E-state index contributed by atoms with van der Waals surface area (Å²) in [6.07, 6.45) is 1.65. The summed E-state index contributed by atoms with van der Waals surface area (Å²) in [6, 6.07) is 7.46. The van der Waals surface area contributed by atoms with Crippen molar-refractivity contribution >= 4 is 44.6 Å². The first-order valence-electron chi connectivity index (χ1n) is 6.40. The molecule has 0 bridgehead atoms. The van der Waals surface area contributed by atoms with Crippen LogP contribution in [0.15, 0.2) is 33.2 Å². The van der Waals surface area contributed by atoms with E-state index in [-0.39, 0.29) is 5.69 Å². The SMILES string of the molecule is CCOC(=O)c1nc(NN=Cc2ccc(OC)cc2)sc1Br. The average Bonchev–Trinajstić information content (AvgIpc) is 2.89. The number of hydrogen-bond donors (Lipinski definition) is 1. The van der Waals surface area contributed by atoms with Crippen molar-refractivity contribution in [1.29, 1.82) is 0 Å². The van der Waals surface area contributed by atoms with Crippen LogP contribution in [-0.2, 0) is 4.74 Å². The van der Waals surface area contributed by atoms with Crippen LogP contribution in [0.25, 0.3) is 0 Å². The second kappa shape index (κ2) is 7.90. The molecule has 0 saturated heterocycles. The van der Waals surface area contributed by atoms with Crippen LogP contribution in [0, 0.1) is 0 Å². The lowest BCUT2D eigenvalue weighted by Gasteiger charge is -1.99. The molecule has 1 aromatic heterocycles. The van der Waals surface area contributed by atoms with Crippen molar-refractivity contribution in [3.63, 3.8) is 0 Å². The lowest BCUT2D eigenvalue weighted by atomic mass is 10.2. The number of methoxy groups -OCH3 is 1. The normalized spacial score (nSPS) is 10.7. The molecule has 1 aromatic carbocycles. The Kier molecular flexibility index (Phi) is 5.91. The second-order valence-electron chi connectivity index (χ2n) is 4.00. The molecule has 6 nitrogen and oxygen atoms in total. The van der Waals surface area contributed by atoms with E-state index < -0.39 is 5.97 Å². The fraction of sp³-hybridized carbons (Fsp3) is 0.214. The lowest BCUT2D eigenvalue weighted by molar-refractivity contribution is 0.0519. The van der Waals surface area contributed by atoms with Gasteiger partial charge in [0, 0.05) is 0 Å². The van der Waals surface area contributed by atoms with Crippen LogP contribution in [-0.4, -0.2) is 30.9 Å². The highest BCUT2D eigenvalue weighted by molar-refractivity contribution is 9.11. The maximum atomic E-state index is 11.6. The standard InChI is InChI=1S/C14H14BrN3O3S/c1-3-21-13(19)11-12(15)22-14(17-11)18-16-8-9-4-6-10(20-2)7-5-9/h4-8H,3H2,1-2H3,(H,17,18). The van der Waals surface area contributed by atoms with Crippen molar-refractivity contribution in [2.24, 2.45) is 5.10 Å². The number of anilines is 1. The number of aromatic nitrogens is 1. The number of rotatable bonds is 6. The van der Waals surface area contributed by atoms with E-state index in [1.165, 1.54) is 11.3 Å². The Labute approximate surface area is 140 Å². The number of hydrazone groups is 1. The van der Waals surface area contributed by atoms with Crippen LogP contribution in [0.1, 0.15) is 23.0 Å². The van der Waals surface area contributed by atoms with E-state index in [4.69, 9.17) is 9.47 Å². The number of hydrogen-bond acceptors (Lipinski definition) is 7. The molecule has 1 N–H and O–H groups in total. The number of nitrogens with zero attached hydrogens (tertiary/aromatic N) is 2. The van der Waals surface area contributed by atoms with Crippen molar-refractivity contribution in [1.82, 2.24) is 4.98 Å². The highest BCUT2D eigenvalue weighted by atomic mass is 79.9. The van der Waals surface area contributed by atoms with Gasteiger partial charge in [-0.1, -0.05) is 11.3 Å². The Morgan fingerprint density at radius 1 is 1.45 bits per heavy atom. The highest BCUT2D eigenvalue weighted by Gasteiger charge is 2.17. The van der Waals surface area contributed by atoms with E-state index in [1.807, 2.05) is 24.3 Å². The summed E-state index contributed by atoms with van der Waals surface area (Å²) in [5.74, 6) is 0.325. The lowest BCUT2D eigenvalue weighted by Crippen LogP contribution is -2.05. The minimum atomic E-state index is -0.460. The van der Waals surface area contributed by atoms with Crippen molar-refractivity contribution in [3.05, 3.63) is 39.3 Å². The highest BCUT2D eigenvalue weighted by Crippen LogP contribution is 2.29. The van der Waals surface area contributed by atoms with E-state index in [9.17, 15) is 4.79 Å². The van der Waals surface area contributed by atoms with Gasteiger partial charge in [-0.3, -0.25) is 5.43 Å². The fourth-order valence-electron chi connectivity index (χ4n) is 1.53. The molecule has 0 saturated carbocycles. The van der Waals surface area contributed by atoms with Gasteiger partial charge >= 0.3 is 5.97 Å². The van der Waals surface area contributed by atoms with Crippen LogP contribution in [0.3, 0.4) is 0 Å². The van der Waals surface area contributed by atoms with Crippen molar-refractivity contribution in [2.75, 3.05) is 19.1 Å². The molecule has 116 valence electrons. The van der Waals surface area contributed by atoms with Gasteiger partial charge in [0.25, 0.3) is 0 Å². The molecule has 0 aliphatic rings. The largest absolute Gasteiger partial charge is 0.497 e. The molecule has 2 aromatic rings. The van der Waals surface area contributed by atoms with Gasteiger partial charge in [0.2, 0.25) is 5.13 Å². The van der Waals surface area contributed by atoms with E-state index in [0.29, 0.717) is 15.5 Å². The number of ether oxygens (including phenoxy) is 2. The summed E-state index contributed by atoms with van der Waals surface area (Å²) in [5, 5.41) is 4.59. The van der Waals surface area contributed by atoms with Gasteiger partial charge in [-0.15, -0.1) is 0 Å². The third-order valence-corrected chi connectivity index (χ3v) is 4.15. The predicted molar refractivity (Wildman–Crippen MR) is 90.0 cm³/mol. The summed E-state index contributed by atoms with van der Waals surface area (Å²) in [7, 11) is 1.62. The quantitative estimate of drug-likeness (QED) is 0.469. The van der Waals surface area contributed by atoms with Crippen LogP contribution < -0.4 is 10.2 Å². The minimum absolute atomic E-state index is 0.244. The Balaban J connectivity index is 2.00. The van der Waals surface area contributed by atoms with Gasteiger partial charge in [0.05, 0.1) is 19.9 Å². The Bertz CT molecular complexity index is 670. The first-order chi connectivity index (χ1) is 10.6. The number of nitrogens with one attached hydrogen (secondary N) is 1. The van der Waals surface area contributed by atoms with Gasteiger partial charge in [-0.2, -0.15) is 5.10 Å². The van der Waals surface area contributed by atoms with Crippen LogP contribution in [0.4, 0.5) is 5.13 Å². The number of carbonyl (C=O) groups excluding carboxylic acids is 1. The zero-order valence-corrected chi connectivity index (χ0v) is 14.4. The summed E-state index contributed by atoms with van der Waals surface area (Å²) < 4.78 is 10.6. The molecule has 0 radical (unpaired) electrons. The molecule has 0 atom stereocenters. The molecule has 0 fully saturated rings. The predicted octanol–water partition coefficient (Wildman–Crippen LogP) is 3.54. The number of carbonyl (C=O) groups is 1. The van der Waals surface area contributed by atoms with Crippen molar-refractivity contribution < 1.29 is 14.3 Å². The van der Waals surface area contributed by atoms with Gasteiger partial charge in [-0.05, 0) is 52.7 Å². The first-order valence-corrected chi connectivity index (χ1v) is 8.01. The van der Waals surface area contributed by atoms with E-state index in [1.54, 1.807) is 20.2 Å². The first kappa shape index (κ1) is 16.4. The average molecular weight is 384 g/mol. The van der Waals surface area contributed by atoms with Gasteiger partial charge in [0.15, 0.2) is 5.69 Å². The van der Waals surface area contributed by atoms with Gasteiger partial charge in [-0.25, -0.2) is 9.78 Å². The molecule has 0 amide bonds. The van der Waals surface area contributed by atoms with E-state index >= 15 is 0 Å². The third-order valence-electron chi connectivity index (χ3n) is 2.54. The van der Waals surface area contributed by atoms with Gasteiger partial charge in [0.1, 0.15) is 9.54 Å². The van der Waals surface area contributed by atoms with Crippen molar-refractivity contribution in [2.45, 2.75) is 6.92 Å². The molecule has 0 spiro atoms. The zero-order chi connectivity index (χ0) is 15.9. The maximum Gasteiger partial charge on any atom is 0.359 e. The Morgan fingerprint density at radius 3 is 2.82 bits per heavy atom. The number of thiazole rings is 1. The van der Waals surface area contributed by atoms with Crippen molar-refractivity contribution in [3.8, 4) is 5.75 Å². The monoisotopic (exact) mass is 383 g/mol. The third kappa shape index (κ3) is 4.28. The van der Waals surface area contributed by atoms with Crippen LogP contribution in [0.5, 0.6) is 5.75 Å². The van der Waals surface area contributed by atoms with Crippen LogP contribution in [0.2, 0.25) is 0 Å². The molecule has 0 aliphatic heterocycles. The summed E-state index contributed by atoms with van der Waals surface area (Å²) >= 11 is 4.56. The molecular weight excluding hydrogens is 370 g/mol. The second-order valence-corrected chi connectivity index (χ2v) is 6.32. The molecule has 22 heavy (non-hydrogen) atoms. The van der Waals surface area contributed by atoms with Gasteiger partial charge < -0.3 is 9.47 Å². The topological polar surface area (TPSA) is 72.8 Å². The number of esters is 1. The molecule has 0 aliphatic carbocycles. The zero-order valence-electron chi connectivity index (χ0n) is 12.0. The molecule has 8 heteroatoms. The van der Waals surface area contributed by atoms with E-state index in [2.05, 4.69) is 31.4 Å². The maximum absolute atomic E-state index is 11.6. The number of halogens is 1. The smallest absolute Gasteiger partial charge is 0.359 e. The Morgan fingerprint density at radius 2 is 2.18 bits per heavy atom. The summed E-state index contributed by atoms with van der Waals surface area (Å²) in [5.41, 5.74) is 3.94. The number of benzene rings is 1. The molecule has 1 heterocycles. The molecular formula is C14H14BrN3O3S. The summed E-state index contributed by atoms with van der Waals surface area (Å²) in [6.45, 7) is 2.05. The fourth-order valence-corrected chi connectivity index (χ4v) is 2.87. The minimum Gasteiger partial charge on any atom is -0.497 e. The van der Waals surface area contributed by atoms with Crippen LogP contribution >= 0.6 is 27.3 Å². The Hall–Kier alpha value is -1.93. The van der Waals surface area contributed by atoms with E-state index in [0.717, 1.165) is 11.3 Å².